The quantitative estimate of drug-likeness (QED) is 0.729. The smallest absolute Gasteiger partial charge is 0.326 e. The zero-order valence-electron chi connectivity index (χ0n) is 14.2. The van der Waals surface area contributed by atoms with E-state index in [-0.39, 0.29) is 18.9 Å². The summed E-state index contributed by atoms with van der Waals surface area (Å²) in [4.78, 5) is 35.6. The van der Waals surface area contributed by atoms with Gasteiger partial charge in [-0.3, -0.25) is 14.4 Å². The van der Waals surface area contributed by atoms with E-state index in [1.165, 1.54) is 6.92 Å². The number of carbonyl (C=O) groups is 3. The van der Waals surface area contributed by atoms with Gasteiger partial charge >= 0.3 is 5.97 Å². The van der Waals surface area contributed by atoms with Crippen LogP contribution in [0.4, 0.5) is 5.69 Å². The molecule has 26 heavy (non-hydrogen) atoms. The van der Waals surface area contributed by atoms with Crippen LogP contribution < -0.4 is 10.6 Å². The average Bonchev–Trinajstić information content (AvgIpc) is 2.62. The number of halogens is 1. The van der Waals surface area contributed by atoms with E-state index in [9.17, 15) is 14.4 Å². The topological polar surface area (TPSA) is 84.5 Å². The molecule has 2 N–H and O–H groups in total. The summed E-state index contributed by atoms with van der Waals surface area (Å²) in [6, 6.07) is 15.7. The van der Waals surface area contributed by atoms with E-state index in [4.69, 9.17) is 16.3 Å². The molecule has 2 amide bonds. The molecule has 136 valence electrons. The molecule has 7 heteroatoms. The van der Waals surface area contributed by atoms with Crippen molar-refractivity contribution in [1.82, 2.24) is 5.32 Å². The maximum absolute atomic E-state index is 12.0. The number of rotatable bonds is 7. The van der Waals surface area contributed by atoms with Gasteiger partial charge in [-0.2, -0.15) is 0 Å². The minimum atomic E-state index is -0.996. The molecular weight excluding hydrogens is 356 g/mol. The Morgan fingerprint density at radius 2 is 1.69 bits per heavy atom. The van der Waals surface area contributed by atoms with E-state index < -0.39 is 18.0 Å². The lowest BCUT2D eigenvalue weighted by molar-refractivity contribution is -0.152. The van der Waals surface area contributed by atoms with Crippen LogP contribution in [0.25, 0.3) is 0 Å². The summed E-state index contributed by atoms with van der Waals surface area (Å²) < 4.78 is 5.02. The van der Waals surface area contributed by atoms with Crippen LogP contribution >= 0.6 is 11.6 Å². The summed E-state index contributed by atoms with van der Waals surface area (Å²) in [6.45, 7) is 1.15. The molecule has 2 aromatic carbocycles. The minimum absolute atomic E-state index is 0.167. The summed E-state index contributed by atoms with van der Waals surface area (Å²) >= 11 is 5.77. The number of esters is 1. The van der Waals surface area contributed by atoms with E-state index in [0.29, 0.717) is 10.7 Å². The van der Waals surface area contributed by atoms with Gasteiger partial charge in [-0.1, -0.05) is 41.9 Å². The number of benzene rings is 2. The van der Waals surface area contributed by atoms with Gasteiger partial charge in [-0.25, -0.2) is 0 Å². The molecule has 6 nitrogen and oxygen atoms in total. The van der Waals surface area contributed by atoms with Crippen LogP contribution in [0.3, 0.4) is 0 Å². The molecule has 0 radical (unpaired) electrons. The van der Waals surface area contributed by atoms with E-state index in [0.717, 1.165) is 5.56 Å². The molecule has 1 atom stereocenters. The molecule has 0 saturated heterocycles. The predicted molar refractivity (Wildman–Crippen MR) is 98.8 cm³/mol. The SMILES string of the molecule is CC(OC(=O)CNC(=O)Cc1ccccc1)C(=O)Nc1ccc(Cl)cc1. The van der Waals surface area contributed by atoms with Gasteiger partial charge in [0, 0.05) is 10.7 Å². The number of amides is 2. The highest BCUT2D eigenvalue weighted by molar-refractivity contribution is 6.30. The number of ether oxygens (including phenoxy) is 1. The van der Waals surface area contributed by atoms with E-state index in [1.807, 2.05) is 30.3 Å². The van der Waals surface area contributed by atoms with Gasteiger partial charge in [0.05, 0.1) is 6.42 Å². The van der Waals surface area contributed by atoms with Crippen LogP contribution in [0, 0.1) is 0 Å². The van der Waals surface area contributed by atoms with Gasteiger partial charge in [-0.05, 0) is 36.8 Å². The summed E-state index contributed by atoms with van der Waals surface area (Å²) in [7, 11) is 0. The molecule has 0 aliphatic carbocycles. The lowest BCUT2D eigenvalue weighted by Gasteiger charge is -2.14. The first-order chi connectivity index (χ1) is 12.4. The molecular formula is C19H19ClN2O4. The van der Waals surface area contributed by atoms with Gasteiger partial charge in [-0.15, -0.1) is 0 Å². The van der Waals surface area contributed by atoms with Crippen molar-refractivity contribution < 1.29 is 19.1 Å². The normalized spacial score (nSPS) is 11.3. The maximum Gasteiger partial charge on any atom is 0.326 e. The molecule has 0 saturated carbocycles. The first kappa shape index (κ1) is 19.5. The van der Waals surface area contributed by atoms with Crippen molar-refractivity contribution in [3.05, 3.63) is 65.2 Å². The fraction of sp³-hybridized carbons (Fsp3) is 0.211. The van der Waals surface area contributed by atoms with Crippen LogP contribution in [-0.4, -0.2) is 30.4 Å². The Morgan fingerprint density at radius 3 is 2.35 bits per heavy atom. The van der Waals surface area contributed by atoms with Crippen LogP contribution in [0.15, 0.2) is 54.6 Å². The predicted octanol–water partition coefficient (Wildman–Crippen LogP) is 2.57. The third-order valence-electron chi connectivity index (χ3n) is 3.43. The summed E-state index contributed by atoms with van der Waals surface area (Å²) in [6.07, 6.45) is -0.829. The van der Waals surface area contributed by atoms with Gasteiger partial charge in [0.15, 0.2) is 6.10 Å². The van der Waals surface area contributed by atoms with E-state index >= 15 is 0 Å². The van der Waals surface area contributed by atoms with Gasteiger partial charge in [0.2, 0.25) is 5.91 Å². The van der Waals surface area contributed by atoms with Crippen LogP contribution in [0.2, 0.25) is 5.02 Å². The molecule has 0 aliphatic heterocycles. The molecule has 0 heterocycles. The Labute approximate surface area is 156 Å². The van der Waals surface area contributed by atoms with Crippen molar-refractivity contribution in [2.75, 3.05) is 11.9 Å². The minimum Gasteiger partial charge on any atom is -0.451 e. The Kier molecular flexibility index (Phi) is 7.17. The first-order valence-corrected chi connectivity index (χ1v) is 8.38. The lowest BCUT2D eigenvalue weighted by atomic mass is 10.1. The number of hydrogen-bond acceptors (Lipinski definition) is 4. The summed E-state index contributed by atoms with van der Waals surface area (Å²) in [5.41, 5.74) is 1.38. The highest BCUT2D eigenvalue weighted by atomic mass is 35.5. The van der Waals surface area contributed by atoms with Crippen LogP contribution in [0.5, 0.6) is 0 Å². The Balaban J connectivity index is 1.73. The second-order valence-electron chi connectivity index (χ2n) is 5.57. The number of nitrogens with one attached hydrogen (secondary N) is 2. The molecule has 1 unspecified atom stereocenters. The summed E-state index contributed by atoms with van der Waals surface area (Å²) in [5.74, 6) is -1.46. The first-order valence-electron chi connectivity index (χ1n) is 8.00. The van der Waals surface area contributed by atoms with Gasteiger partial charge in [0.1, 0.15) is 6.54 Å². The van der Waals surface area contributed by atoms with E-state index in [1.54, 1.807) is 24.3 Å². The molecule has 0 spiro atoms. The highest BCUT2D eigenvalue weighted by Gasteiger charge is 2.18. The lowest BCUT2D eigenvalue weighted by Crippen LogP contribution is -2.36. The van der Waals surface area contributed by atoms with Crippen LogP contribution in [-0.2, 0) is 25.5 Å². The highest BCUT2D eigenvalue weighted by Crippen LogP contribution is 2.13. The van der Waals surface area contributed by atoms with Crippen molar-refractivity contribution >= 4 is 35.1 Å². The van der Waals surface area contributed by atoms with Gasteiger partial charge in [0.25, 0.3) is 5.91 Å². The summed E-state index contributed by atoms with van der Waals surface area (Å²) in [5, 5.41) is 5.63. The third-order valence-corrected chi connectivity index (χ3v) is 3.68. The number of anilines is 1. The Morgan fingerprint density at radius 1 is 1.04 bits per heavy atom. The number of carbonyl (C=O) groups excluding carboxylic acids is 3. The molecule has 0 aromatic heterocycles. The maximum atomic E-state index is 12.0. The largest absolute Gasteiger partial charge is 0.451 e. The molecule has 2 aromatic rings. The second kappa shape index (κ2) is 9.58. The molecule has 0 aliphatic rings. The van der Waals surface area contributed by atoms with Gasteiger partial charge < -0.3 is 15.4 Å². The zero-order valence-corrected chi connectivity index (χ0v) is 15.0. The fourth-order valence-electron chi connectivity index (χ4n) is 2.08. The average molecular weight is 375 g/mol. The third kappa shape index (κ3) is 6.57. The van der Waals surface area contributed by atoms with Crippen LogP contribution in [0.1, 0.15) is 12.5 Å². The van der Waals surface area contributed by atoms with E-state index in [2.05, 4.69) is 10.6 Å². The second-order valence-corrected chi connectivity index (χ2v) is 6.00. The monoisotopic (exact) mass is 374 g/mol. The molecule has 0 fully saturated rings. The Bertz CT molecular complexity index is 763. The Hall–Kier alpha value is -2.86. The fourth-order valence-corrected chi connectivity index (χ4v) is 2.21. The zero-order chi connectivity index (χ0) is 18.9. The molecule has 0 bridgehead atoms. The molecule has 2 rings (SSSR count). The van der Waals surface area contributed by atoms with Crippen molar-refractivity contribution in [3.63, 3.8) is 0 Å². The van der Waals surface area contributed by atoms with Crippen molar-refractivity contribution in [2.24, 2.45) is 0 Å². The number of hydrogen-bond donors (Lipinski definition) is 2. The standard InChI is InChI=1S/C19H19ClN2O4/c1-13(19(25)22-16-9-7-15(20)8-10-16)26-18(24)12-21-17(23)11-14-5-3-2-4-6-14/h2-10,13H,11-12H2,1H3,(H,21,23)(H,22,25). The van der Waals surface area contributed by atoms with Crippen molar-refractivity contribution in [1.29, 1.82) is 0 Å². The van der Waals surface area contributed by atoms with Crippen molar-refractivity contribution in [3.8, 4) is 0 Å². The van der Waals surface area contributed by atoms with Crippen molar-refractivity contribution in [2.45, 2.75) is 19.4 Å².